The van der Waals surface area contributed by atoms with E-state index in [4.69, 9.17) is 0 Å². The smallest absolute Gasteiger partial charge is 0.316 e. The van der Waals surface area contributed by atoms with Crippen LogP contribution in [0.5, 0.6) is 0 Å². The molecule has 0 aromatic rings. The van der Waals surface area contributed by atoms with E-state index in [1.54, 1.807) is 0 Å². The van der Waals surface area contributed by atoms with Gasteiger partial charge in [0.25, 0.3) is 0 Å². The van der Waals surface area contributed by atoms with E-state index < -0.39 is 0 Å². The van der Waals surface area contributed by atoms with Crippen molar-refractivity contribution in [2.75, 3.05) is 0 Å². The zero-order valence-electron chi connectivity index (χ0n) is 0.302. The van der Waals surface area contributed by atoms with Crippen molar-refractivity contribution in [3.05, 3.63) is 0 Å². The van der Waals surface area contributed by atoms with Crippen molar-refractivity contribution < 1.29 is 17.1 Å². The van der Waals surface area contributed by atoms with E-state index in [0.717, 1.165) is 0 Å². The van der Waals surface area contributed by atoms with Gasteiger partial charge in [-0.05, 0) is 0 Å². The molecule has 0 spiro atoms. The van der Waals surface area contributed by atoms with E-state index in [9.17, 15) is 0 Å². The van der Waals surface area contributed by atoms with Crippen LogP contribution in [0.25, 0.3) is 0 Å². The quantitative estimate of drug-likeness (QED) is 0.333. The fraction of sp³-hybridized carbons (Fsp3) is 0. The van der Waals surface area contributed by atoms with Crippen molar-refractivity contribution in [2.45, 2.75) is 0 Å². The Morgan fingerprint density at radius 2 is 1.00 bits per heavy atom. The van der Waals surface area contributed by atoms with Gasteiger partial charge in [-0.15, -0.1) is 0 Å². The van der Waals surface area contributed by atoms with Gasteiger partial charge >= 0.3 is 93.3 Å². The average molecular weight is 138 g/mol. The fourth-order valence-electron chi connectivity index (χ4n) is 0. The summed E-state index contributed by atoms with van der Waals surface area (Å²) < 4.78 is 0. The molecule has 0 rings (SSSR count). The van der Waals surface area contributed by atoms with Crippen LogP contribution in [-0.4, -0.2) is 93.3 Å². The van der Waals surface area contributed by atoms with Gasteiger partial charge in [0.05, 0.1) is 0 Å². The van der Waals surface area contributed by atoms with Crippen LogP contribution < -0.4 is 0 Å². The monoisotopic (exact) mass is 137 g/mol. The normalized spacial score (nSPS) is 0. The molecular formula is H4CuKLiMg. The molecule has 0 aliphatic heterocycles. The maximum absolute atomic E-state index is 0. The van der Waals surface area contributed by atoms with Gasteiger partial charge in [-0.3, -0.25) is 0 Å². The molecule has 0 N–H and O–H groups in total. The van der Waals surface area contributed by atoms with Gasteiger partial charge in [0.1, 0.15) is 0 Å². The van der Waals surface area contributed by atoms with Gasteiger partial charge in [-0.2, -0.15) is 0 Å². The van der Waals surface area contributed by atoms with Crippen molar-refractivity contribution in [3.63, 3.8) is 0 Å². The number of hydrogen-bond donors (Lipinski definition) is 0. The van der Waals surface area contributed by atoms with Crippen molar-refractivity contribution in [2.24, 2.45) is 0 Å². The third kappa shape index (κ3) is 9.10. The molecule has 0 unspecified atom stereocenters. The summed E-state index contributed by atoms with van der Waals surface area (Å²) in [6.45, 7) is 0. The molecule has 0 atom stereocenters. The van der Waals surface area contributed by atoms with Crippen molar-refractivity contribution in [1.82, 2.24) is 0 Å². The van der Waals surface area contributed by atoms with Gasteiger partial charge in [-0.25, -0.2) is 0 Å². The summed E-state index contributed by atoms with van der Waals surface area (Å²) in [5, 5.41) is 0. The zero-order chi connectivity index (χ0) is 0. The fourth-order valence-corrected chi connectivity index (χ4v) is 0. The Morgan fingerprint density at radius 1 is 1.00 bits per heavy atom. The van der Waals surface area contributed by atoms with Gasteiger partial charge < -0.3 is 0 Å². The van der Waals surface area contributed by atoms with Crippen molar-refractivity contribution in [3.8, 4) is 0 Å². The predicted octanol–water partition coefficient (Wildman–Crippen LogP) is -2.22. The van der Waals surface area contributed by atoms with Crippen LogP contribution in [0.3, 0.4) is 0 Å². The van der Waals surface area contributed by atoms with Crippen LogP contribution in [0, 0.1) is 0 Å². The predicted molar refractivity (Wildman–Crippen MR) is 22.8 cm³/mol. The topological polar surface area (TPSA) is 0 Å². The Kier molecular flexibility index (Phi) is 103. The van der Waals surface area contributed by atoms with Crippen LogP contribution in [-0.2, 0) is 17.1 Å². The molecule has 4 heteroatoms. The maximum atomic E-state index is 0. The molecular weight excluding hydrogens is 134 g/mol. The Bertz CT molecular complexity index is 8.00. The molecule has 0 saturated carbocycles. The summed E-state index contributed by atoms with van der Waals surface area (Å²) in [5.41, 5.74) is 0. The molecule has 0 saturated heterocycles. The first-order valence-corrected chi connectivity index (χ1v) is 0. The zero-order valence-corrected chi connectivity index (χ0v) is 1.24. The van der Waals surface area contributed by atoms with Crippen molar-refractivity contribution >= 4 is 93.3 Å². The molecule has 19 valence electrons. The Labute approximate surface area is 107 Å². The second-order valence-electron chi connectivity index (χ2n) is 0. The van der Waals surface area contributed by atoms with Gasteiger partial charge in [-0.1, -0.05) is 0 Å². The first-order valence-electron chi connectivity index (χ1n) is 0. The SMILES string of the molecule is [Cu].[KH].[LiH].[MgH2]. The molecule has 0 amide bonds. The molecule has 1 radical (unpaired) electrons. The summed E-state index contributed by atoms with van der Waals surface area (Å²) in [4.78, 5) is 0. The average Bonchev–Trinajstić information content (AvgIpc) is 0. The summed E-state index contributed by atoms with van der Waals surface area (Å²) in [6.07, 6.45) is 0. The number of hydrogen-bond acceptors (Lipinski definition) is 0. The second kappa shape index (κ2) is 16.0. The Balaban J connectivity index is 0. The second-order valence-corrected chi connectivity index (χ2v) is 0. The van der Waals surface area contributed by atoms with E-state index in [1.165, 1.54) is 0 Å². The molecule has 0 heterocycles. The first kappa shape index (κ1) is 25.8. The largest absolute Gasteiger partial charge is 0.316 e. The van der Waals surface area contributed by atoms with E-state index in [1.807, 2.05) is 0 Å². The molecule has 0 aromatic heterocycles. The van der Waals surface area contributed by atoms with E-state index in [2.05, 4.69) is 0 Å². The molecule has 0 aromatic carbocycles. The Morgan fingerprint density at radius 3 is 1.00 bits per heavy atom. The van der Waals surface area contributed by atoms with Crippen molar-refractivity contribution in [1.29, 1.82) is 0 Å². The molecule has 0 aliphatic rings. The molecule has 0 aliphatic carbocycles. The van der Waals surface area contributed by atoms with Crippen LogP contribution >= 0.6 is 0 Å². The molecule has 0 fully saturated rings. The van der Waals surface area contributed by atoms with Crippen LogP contribution in [0.4, 0.5) is 0 Å². The molecule has 0 nitrogen and oxygen atoms in total. The van der Waals surface area contributed by atoms with Crippen LogP contribution in [0.15, 0.2) is 0 Å². The molecule has 4 heavy (non-hydrogen) atoms. The standard InChI is InChI=1S/Cu.K.Li.Mg.4H. The van der Waals surface area contributed by atoms with Gasteiger partial charge in [0.15, 0.2) is 0 Å². The summed E-state index contributed by atoms with van der Waals surface area (Å²) in [7, 11) is 0. The van der Waals surface area contributed by atoms with E-state index in [0.29, 0.717) is 0 Å². The minimum absolute atomic E-state index is 0. The first-order chi connectivity index (χ1) is 0. The third-order valence-electron chi connectivity index (χ3n) is 0. The minimum Gasteiger partial charge on any atom is 0.316 e. The van der Waals surface area contributed by atoms with Gasteiger partial charge in [0, 0.05) is 17.1 Å². The number of rotatable bonds is 0. The van der Waals surface area contributed by atoms with E-state index >= 15 is 0 Å². The summed E-state index contributed by atoms with van der Waals surface area (Å²) in [5.74, 6) is 0. The van der Waals surface area contributed by atoms with Gasteiger partial charge in [0.2, 0.25) is 0 Å². The van der Waals surface area contributed by atoms with Crippen LogP contribution in [0.2, 0.25) is 0 Å². The maximum Gasteiger partial charge on any atom is 0.316 e. The van der Waals surface area contributed by atoms with E-state index in [-0.39, 0.29) is 110 Å². The summed E-state index contributed by atoms with van der Waals surface area (Å²) >= 11 is 0. The summed E-state index contributed by atoms with van der Waals surface area (Å²) in [6, 6.07) is 0. The third-order valence-corrected chi connectivity index (χ3v) is 0. The minimum atomic E-state index is 0. The molecule has 0 bridgehead atoms. The Hall–Kier alpha value is 3.52. The van der Waals surface area contributed by atoms with Crippen LogP contribution in [0.1, 0.15) is 0 Å².